The summed E-state index contributed by atoms with van der Waals surface area (Å²) in [7, 11) is 0. The van der Waals surface area contributed by atoms with Crippen molar-refractivity contribution in [1.29, 1.82) is 0 Å². The number of carbonyl (C=O) groups excluding carboxylic acids is 1. The quantitative estimate of drug-likeness (QED) is 0.785. The van der Waals surface area contributed by atoms with E-state index in [1.807, 2.05) is 6.92 Å². The summed E-state index contributed by atoms with van der Waals surface area (Å²) in [6, 6.07) is 4.52. The second-order valence-electron chi connectivity index (χ2n) is 4.58. The number of carbonyl (C=O) groups is 1. The number of aromatic nitrogens is 3. The molecule has 2 heterocycles. The molecule has 0 spiro atoms. The zero-order valence-corrected chi connectivity index (χ0v) is 10.5. The molecular weight excluding hydrogens is 247 g/mol. The van der Waals surface area contributed by atoms with Crippen LogP contribution in [0.25, 0.3) is 0 Å². The van der Waals surface area contributed by atoms with Crippen LogP contribution in [0, 0.1) is 12.7 Å². The third kappa shape index (κ3) is 1.99. The lowest BCUT2D eigenvalue weighted by Crippen LogP contribution is -2.38. The third-order valence-electron chi connectivity index (χ3n) is 3.19. The van der Waals surface area contributed by atoms with Crippen LogP contribution in [0.4, 0.5) is 10.3 Å². The Kier molecular flexibility index (Phi) is 2.77. The summed E-state index contributed by atoms with van der Waals surface area (Å²) in [5, 5.41) is 4.04. The molecule has 0 saturated carbocycles. The van der Waals surface area contributed by atoms with Crippen molar-refractivity contribution in [2.75, 3.05) is 11.4 Å². The Balaban J connectivity index is 2.00. The highest BCUT2D eigenvalue weighted by atomic mass is 19.1. The Morgan fingerprint density at radius 3 is 3.05 bits per heavy atom. The lowest BCUT2D eigenvalue weighted by molar-refractivity contribution is 0.0976. The van der Waals surface area contributed by atoms with Crippen molar-refractivity contribution in [3.8, 4) is 0 Å². The van der Waals surface area contributed by atoms with Crippen LogP contribution in [0.15, 0.2) is 24.5 Å². The number of hydrogen-bond acceptors (Lipinski definition) is 3. The Labute approximate surface area is 109 Å². The first kappa shape index (κ1) is 11.8. The second-order valence-corrected chi connectivity index (χ2v) is 4.58. The van der Waals surface area contributed by atoms with E-state index in [1.165, 1.54) is 17.3 Å². The average molecular weight is 260 g/mol. The van der Waals surface area contributed by atoms with Crippen molar-refractivity contribution in [2.45, 2.75) is 19.9 Å². The van der Waals surface area contributed by atoms with Crippen molar-refractivity contribution >= 4 is 11.9 Å². The molecule has 1 amide bonds. The van der Waals surface area contributed by atoms with E-state index < -0.39 is 5.82 Å². The minimum absolute atomic E-state index is 0.0800. The SMILES string of the molecule is Cc1ccc(F)c(C(=O)N2CCCn3ncnc32)c1. The molecular formula is C13H13FN4O. The van der Waals surface area contributed by atoms with Crippen molar-refractivity contribution in [3.63, 3.8) is 0 Å². The van der Waals surface area contributed by atoms with Gasteiger partial charge >= 0.3 is 0 Å². The Bertz CT molecular complexity index is 637. The minimum atomic E-state index is -0.507. The van der Waals surface area contributed by atoms with Gasteiger partial charge in [-0.25, -0.2) is 9.07 Å². The van der Waals surface area contributed by atoms with Crippen molar-refractivity contribution < 1.29 is 9.18 Å². The van der Waals surface area contributed by atoms with Crippen LogP contribution in [0.1, 0.15) is 22.3 Å². The van der Waals surface area contributed by atoms with E-state index in [1.54, 1.807) is 16.8 Å². The van der Waals surface area contributed by atoms with E-state index in [4.69, 9.17) is 0 Å². The highest BCUT2D eigenvalue weighted by Gasteiger charge is 2.27. The minimum Gasteiger partial charge on any atom is -0.277 e. The number of halogens is 1. The molecule has 0 fully saturated rings. The van der Waals surface area contributed by atoms with Crippen LogP contribution in [-0.4, -0.2) is 27.2 Å². The zero-order chi connectivity index (χ0) is 13.4. The Morgan fingerprint density at radius 1 is 1.37 bits per heavy atom. The van der Waals surface area contributed by atoms with Gasteiger partial charge < -0.3 is 0 Å². The second kappa shape index (κ2) is 4.46. The van der Waals surface area contributed by atoms with E-state index in [2.05, 4.69) is 10.1 Å². The molecule has 0 atom stereocenters. The number of rotatable bonds is 1. The average Bonchev–Trinajstić information content (AvgIpc) is 2.89. The number of benzene rings is 1. The van der Waals surface area contributed by atoms with Crippen LogP contribution >= 0.6 is 0 Å². The number of fused-ring (bicyclic) bond motifs is 1. The van der Waals surface area contributed by atoms with Crippen LogP contribution in [-0.2, 0) is 6.54 Å². The van der Waals surface area contributed by atoms with E-state index in [9.17, 15) is 9.18 Å². The summed E-state index contributed by atoms with van der Waals surface area (Å²) in [5.41, 5.74) is 0.930. The van der Waals surface area contributed by atoms with E-state index in [-0.39, 0.29) is 11.5 Å². The maximum atomic E-state index is 13.8. The van der Waals surface area contributed by atoms with E-state index >= 15 is 0 Å². The molecule has 0 saturated heterocycles. The largest absolute Gasteiger partial charge is 0.277 e. The number of anilines is 1. The van der Waals surface area contributed by atoms with Gasteiger partial charge in [-0.1, -0.05) is 11.6 Å². The van der Waals surface area contributed by atoms with Gasteiger partial charge in [0.15, 0.2) is 0 Å². The predicted octanol–water partition coefficient (Wildman–Crippen LogP) is 1.78. The van der Waals surface area contributed by atoms with Crippen LogP contribution in [0.3, 0.4) is 0 Å². The fraction of sp³-hybridized carbons (Fsp3) is 0.308. The molecule has 6 heteroatoms. The lowest BCUT2D eigenvalue weighted by Gasteiger charge is -2.26. The van der Waals surface area contributed by atoms with Gasteiger partial charge in [-0.05, 0) is 25.5 Å². The van der Waals surface area contributed by atoms with Gasteiger partial charge in [0.05, 0.1) is 5.56 Å². The molecule has 0 unspecified atom stereocenters. The summed E-state index contributed by atoms with van der Waals surface area (Å²) < 4.78 is 15.4. The molecule has 1 aliphatic rings. The summed E-state index contributed by atoms with van der Waals surface area (Å²) in [4.78, 5) is 18.0. The number of nitrogens with zero attached hydrogens (tertiary/aromatic N) is 4. The third-order valence-corrected chi connectivity index (χ3v) is 3.19. The molecule has 0 bridgehead atoms. The molecule has 0 N–H and O–H groups in total. The van der Waals surface area contributed by atoms with Crippen LogP contribution in [0.2, 0.25) is 0 Å². The fourth-order valence-corrected chi connectivity index (χ4v) is 2.24. The lowest BCUT2D eigenvalue weighted by atomic mass is 10.1. The summed E-state index contributed by atoms with van der Waals surface area (Å²) >= 11 is 0. The molecule has 3 rings (SSSR count). The highest BCUT2D eigenvalue weighted by Crippen LogP contribution is 2.21. The van der Waals surface area contributed by atoms with E-state index in [0.717, 1.165) is 18.5 Å². The first-order chi connectivity index (χ1) is 9.16. The van der Waals surface area contributed by atoms with Crippen molar-refractivity contribution in [1.82, 2.24) is 14.8 Å². The van der Waals surface area contributed by atoms with Gasteiger partial charge in [0, 0.05) is 13.1 Å². The summed E-state index contributed by atoms with van der Waals surface area (Å²) in [5.74, 6) is -0.389. The topological polar surface area (TPSA) is 51.0 Å². The maximum absolute atomic E-state index is 13.8. The molecule has 0 aliphatic carbocycles. The normalized spacial score (nSPS) is 14.3. The van der Waals surface area contributed by atoms with Crippen LogP contribution in [0.5, 0.6) is 0 Å². The molecule has 5 nitrogen and oxygen atoms in total. The monoisotopic (exact) mass is 260 g/mol. The Hall–Kier alpha value is -2.24. The number of amides is 1. The zero-order valence-electron chi connectivity index (χ0n) is 10.5. The van der Waals surface area contributed by atoms with Gasteiger partial charge in [-0.3, -0.25) is 9.69 Å². The highest BCUT2D eigenvalue weighted by molar-refractivity contribution is 6.05. The maximum Gasteiger partial charge on any atom is 0.263 e. The summed E-state index contributed by atoms with van der Waals surface area (Å²) in [6.07, 6.45) is 2.20. The van der Waals surface area contributed by atoms with Gasteiger partial charge in [0.2, 0.25) is 5.95 Å². The molecule has 1 aliphatic heterocycles. The van der Waals surface area contributed by atoms with Gasteiger partial charge in [-0.2, -0.15) is 10.1 Å². The number of hydrogen-bond donors (Lipinski definition) is 0. The predicted molar refractivity (Wildman–Crippen MR) is 67.5 cm³/mol. The summed E-state index contributed by atoms with van der Waals surface area (Å²) in [6.45, 7) is 3.09. The molecule has 0 radical (unpaired) electrons. The van der Waals surface area contributed by atoms with E-state index in [0.29, 0.717) is 12.5 Å². The molecule has 2 aromatic rings. The first-order valence-corrected chi connectivity index (χ1v) is 6.12. The molecule has 1 aromatic carbocycles. The van der Waals surface area contributed by atoms with Gasteiger partial charge in [0.25, 0.3) is 5.91 Å². The molecule has 1 aromatic heterocycles. The smallest absolute Gasteiger partial charge is 0.263 e. The van der Waals surface area contributed by atoms with Crippen molar-refractivity contribution in [3.05, 3.63) is 41.5 Å². The van der Waals surface area contributed by atoms with Crippen LogP contribution < -0.4 is 4.90 Å². The van der Waals surface area contributed by atoms with Gasteiger partial charge in [-0.15, -0.1) is 0 Å². The molecule has 19 heavy (non-hydrogen) atoms. The Morgan fingerprint density at radius 2 is 2.21 bits per heavy atom. The van der Waals surface area contributed by atoms with Crippen molar-refractivity contribution in [2.24, 2.45) is 0 Å². The van der Waals surface area contributed by atoms with Gasteiger partial charge in [0.1, 0.15) is 12.1 Å². The fourth-order valence-electron chi connectivity index (χ4n) is 2.24. The number of aryl methyl sites for hydroxylation is 2. The first-order valence-electron chi connectivity index (χ1n) is 6.12. The standard InChI is InChI=1S/C13H13FN4O/c1-9-3-4-11(14)10(7-9)12(19)17-5-2-6-18-13(17)15-8-16-18/h3-4,7-8H,2,5-6H2,1H3. The molecule has 98 valence electrons.